The van der Waals surface area contributed by atoms with Crippen LogP contribution in [-0.2, 0) is 6.54 Å². The second kappa shape index (κ2) is 7.45. The van der Waals surface area contributed by atoms with Gasteiger partial charge in [0.05, 0.1) is 6.61 Å². The van der Waals surface area contributed by atoms with E-state index in [0.717, 1.165) is 41.5 Å². The monoisotopic (exact) mass is 302 g/mol. The van der Waals surface area contributed by atoms with Crippen LogP contribution < -0.4 is 0 Å². The predicted octanol–water partition coefficient (Wildman–Crippen LogP) is 3.20. The molecular weight excluding hydrogens is 276 g/mol. The highest BCUT2D eigenvalue weighted by Gasteiger charge is 2.23. The van der Waals surface area contributed by atoms with Crippen LogP contribution in [0.15, 0.2) is 24.3 Å². The number of hydrogen-bond acceptors (Lipinski definition) is 2. The molecule has 1 aromatic carbocycles. The van der Waals surface area contributed by atoms with E-state index in [4.69, 9.17) is 0 Å². The van der Waals surface area contributed by atoms with Crippen LogP contribution in [0, 0.1) is 6.92 Å². The lowest BCUT2D eigenvalue weighted by Gasteiger charge is -2.21. The van der Waals surface area contributed by atoms with E-state index in [1.807, 2.05) is 26.0 Å². The molecule has 2 aromatic rings. The van der Waals surface area contributed by atoms with Crippen molar-refractivity contribution in [1.82, 2.24) is 9.47 Å². The largest absolute Gasteiger partial charge is 0.395 e. The van der Waals surface area contributed by atoms with Crippen molar-refractivity contribution < 1.29 is 9.90 Å². The van der Waals surface area contributed by atoms with Gasteiger partial charge in [-0.05, 0) is 31.9 Å². The minimum absolute atomic E-state index is 0.00613. The van der Waals surface area contributed by atoms with Crippen LogP contribution in [0.2, 0.25) is 0 Å². The Hall–Kier alpha value is -1.81. The molecule has 4 nitrogen and oxygen atoms in total. The highest BCUT2D eigenvalue weighted by molar-refractivity contribution is 6.01. The number of nitrogens with zero attached hydrogens (tertiary/aromatic N) is 2. The molecule has 0 spiro atoms. The summed E-state index contributed by atoms with van der Waals surface area (Å²) in [5.41, 5.74) is 2.93. The number of para-hydroxylation sites is 1. The van der Waals surface area contributed by atoms with Crippen molar-refractivity contribution in [3.05, 3.63) is 35.5 Å². The van der Waals surface area contributed by atoms with Crippen molar-refractivity contribution in [2.24, 2.45) is 0 Å². The number of hydrogen-bond donors (Lipinski definition) is 1. The molecule has 0 unspecified atom stereocenters. The molecule has 0 aliphatic carbocycles. The zero-order valence-corrected chi connectivity index (χ0v) is 13.8. The lowest BCUT2D eigenvalue weighted by Crippen LogP contribution is -2.35. The number of likely N-dealkylation sites (N-methyl/N-ethyl adjacent to an activating group) is 1. The molecule has 0 radical (unpaired) electrons. The summed E-state index contributed by atoms with van der Waals surface area (Å²) in [5.74, 6) is 0.0151. The van der Waals surface area contributed by atoms with Gasteiger partial charge in [-0.2, -0.15) is 0 Å². The molecular formula is C18H26N2O2. The Kier molecular flexibility index (Phi) is 5.61. The Bertz CT molecular complexity index is 646. The van der Waals surface area contributed by atoms with E-state index in [-0.39, 0.29) is 12.5 Å². The van der Waals surface area contributed by atoms with Gasteiger partial charge < -0.3 is 14.6 Å². The molecule has 1 N–H and O–H groups in total. The lowest BCUT2D eigenvalue weighted by atomic mass is 10.1. The molecule has 22 heavy (non-hydrogen) atoms. The molecule has 0 saturated carbocycles. The average Bonchev–Trinajstić information content (AvgIpc) is 2.82. The molecule has 2 rings (SSSR count). The zero-order chi connectivity index (χ0) is 16.1. The van der Waals surface area contributed by atoms with Crippen molar-refractivity contribution in [3.8, 4) is 0 Å². The maximum absolute atomic E-state index is 12.9. The third kappa shape index (κ3) is 3.02. The lowest BCUT2D eigenvalue weighted by molar-refractivity contribution is 0.0720. The molecule has 0 aliphatic heterocycles. The van der Waals surface area contributed by atoms with E-state index in [0.29, 0.717) is 13.1 Å². The molecule has 4 heteroatoms. The molecule has 120 valence electrons. The average molecular weight is 302 g/mol. The van der Waals surface area contributed by atoms with Crippen molar-refractivity contribution in [3.63, 3.8) is 0 Å². The Morgan fingerprint density at radius 3 is 2.64 bits per heavy atom. The van der Waals surface area contributed by atoms with Crippen LogP contribution in [0.3, 0.4) is 0 Å². The molecule has 0 aliphatic rings. The van der Waals surface area contributed by atoms with Gasteiger partial charge in [0, 0.05) is 30.5 Å². The van der Waals surface area contributed by atoms with E-state index >= 15 is 0 Å². The minimum atomic E-state index is -0.00613. The van der Waals surface area contributed by atoms with Crippen molar-refractivity contribution in [1.29, 1.82) is 0 Å². The summed E-state index contributed by atoms with van der Waals surface area (Å²) in [6.45, 7) is 7.95. The van der Waals surface area contributed by atoms with Gasteiger partial charge in [-0.1, -0.05) is 31.5 Å². The number of aromatic nitrogens is 1. The van der Waals surface area contributed by atoms with Gasteiger partial charge in [0.1, 0.15) is 5.69 Å². The standard InChI is InChI=1S/C18H26N2O2/c1-4-6-11-20-16-10-8-7-9-15(16)14(3)17(20)18(22)19(5-2)12-13-21/h7-10,21H,4-6,11-13H2,1-3H3. The van der Waals surface area contributed by atoms with E-state index in [1.165, 1.54) is 0 Å². The summed E-state index contributed by atoms with van der Waals surface area (Å²) >= 11 is 0. The minimum Gasteiger partial charge on any atom is -0.395 e. The number of aryl methyl sites for hydroxylation is 2. The quantitative estimate of drug-likeness (QED) is 0.853. The van der Waals surface area contributed by atoms with Gasteiger partial charge in [-0.25, -0.2) is 0 Å². The van der Waals surface area contributed by atoms with Gasteiger partial charge in [0.15, 0.2) is 0 Å². The molecule has 0 bridgehead atoms. The van der Waals surface area contributed by atoms with E-state index < -0.39 is 0 Å². The SMILES string of the molecule is CCCCn1c(C(=O)N(CC)CCO)c(C)c2ccccc21. The van der Waals surface area contributed by atoms with E-state index in [9.17, 15) is 9.90 Å². The third-order valence-corrected chi connectivity index (χ3v) is 4.20. The topological polar surface area (TPSA) is 45.5 Å². The molecule has 0 saturated heterocycles. The fraction of sp³-hybridized carbons (Fsp3) is 0.500. The summed E-state index contributed by atoms with van der Waals surface area (Å²) in [6, 6.07) is 8.19. The van der Waals surface area contributed by atoms with Crippen molar-refractivity contribution >= 4 is 16.8 Å². The number of amides is 1. The second-order valence-electron chi connectivity index (χ2n) is 5.60. The molecule has 1 heterocycles. The first-order chi connectivity index (χ1) is 10.7. The normalized spacial score (nSPS) is 11.1. The Morgan fingerprint density at radius 2 is 2.00 bits per heavy atom. The highest BCUT2D eigenvalue weighted by Crippen LogP contribution is 2.27. The summed E-state index contributed by atoms with van der Waals surface area (Å²) in [6.07, 6.45) is 2.14. The molecule has 1 aromatic heterocycles. The molecule has 0 fully saturated rings. The summed E-state index contributed by atoms with van der Waals surface area (Å²) < 4.78 is 2.15. The third-order valence-electron chi connectivity index (χ3n) is 4.20. The fourth-order valence-corrected chi connectivity index (χ4v) is 2.97. The first-order valence-corrected chi connectivity index (χ1v) is 8.13. The van der Waals surface area contributed by atoms with Gasteiger partial charge in [0.25, 0.3) is 5.91 Å². The van der Waals surface area contributed by atoms with Gasteiger partial charge in [-0.3, -0.25) is 4.79 Å². The van der Waals surface area contributed by atoms with E-state index in [2.05, 4.69) is 23.6 Å². The highest BCUT2D eigenvalue weighted by atomic mass is 16.3. The number of unbranched alkanes of at least 4 members (excludes halogenated alkanes) is 1. The zero-order valence-electron chi connectivity index (χ0n) is 13.8. The predicted molar refractivity (Wildman–Crippen MR) is 90.2 cm³/mol. The second-order valence-corrected chi connectivity index (χ2v) is 5.60. The maximum atomic E-state index is 12.9. The van der Waals surface area contributed by atoms with Crippen LogP contribution in [-0.4, -0.2) is 40.2 Å². The number of carbonyl (C=O) groups is 1. The van der Waals surface area contributed by atoms with Crippen LogP contribution in [0.1, 0.15) is 42.7 Å². The number of rotatable bonds is 7. The van der Waals surface area contributed by atoms with Crippen molar-refractivity contribution in [2.45, 2.75) is 40.2 Å². The number of fused-ring (bicyclic) bond motifs is 1. The maximum Gasteiger partial charge on any atom is 0.270 e. The van der Waals surface area contributed by atoms with Crippen LogP contribution in [0.25, 0.3) is 10.9 Å². The summed E-state index contributed by atoms with van der Waals surface area (Å²) in [7, 11) is 0. The van der Waals surface area contributed by atoms with Gasteiger partial charge >= 0.3 is 0 Å². The van der Waals surface area contributed by atoms with E-state index in [1.54, 1.807) is 4.90 Å². The number of benzene rings is 1. The van der Waals surface area contributed by atoms with Gasteiger partial charge in [0.2, 0.25) is 0 Å². The Labute approximate surface area is 132 Å². The van der Waals surface area contributed by atoms with Crippen molar-refractivity contribution in [2.75, 3.05) is 19.7 Å². The summed E-state index contributed by atoms with van der Waals surface area (Å²) in [5, 5.41) is 10.3. The Morgan fingerprint density at radius 1 is 1.27 bits per heavy atom. The molecule has 1 amide bonds. The molecule has 0 atom stereocenters. The van der Waals surface area contributed by atoms with Crippen LogP contribution >= 0.6 is 0 Å². The fourth-order valence-electron chi connectivity index (χ4n) is 2.97. The number of aliphatic hydroxyl groups excluding tert-OH is 1. The van der Waals surface area contributed by atoms with Crippen LogP contribution in [0.5, 0.6) is 0 Å². The number of aliphatic hydroxyl groups is 1. The van der Waals surface area contributed by atoms with Gasteiger partial charge in [-0.15, -0.1) is 0 Å². The smallest absolute Gasteiger partial charge is 0.270 e. The summed E-state index contributed by atoms with van der Waals surface area (Å²) in [4.78, 5) is 14.6. The number of carbonyl (C=O) groups excluding carboxylic acids is 1. The Balaban J connectivity index is 2.55. The first kappa shape index (κ1) is 16.6. The van der Waals surface area contributed by atoms with Crippen LogP contribution in [0.4, 0.5) is 0 Å². The first-order valence-electron chi connectivity index (χ1n) is 8.13.